The van der Waals surface area contributed by atoms with Crippen LogP contribution in [0.3, 0.4) is 0 Å². The summed E-state index contributed by atoms with van der Waals surface area (Å²) in [4.78, 5) is 26.9. The van der Waals surface area contributed by atoms with E-state index >= 15 is 0 Å². The lowest BCUT2D eigenvalue weighted by atomic mass is 9.91. The molecule has 2 aromatic rings. The Morgan fingerprint density at radius 1 is 1.18 bits per heavy atom. The number of anilines is 1. The molecular weight excluding hydrogens is 352 g/mol. The van der Waals surface area contributed by atoms with Gasteiger partial charge in [0.25, 0.3) is 0 Å². The summed E-state index contributed by atoms with van der Waals surface area (Å²) in [6.45, 7) is 7.36. The van der Waals surface area contributed by atoms with E-state index in [9.17, 15) is 9.59 Å². The Morgan fingerprint density at radius 3 is 2.46 bits per heavy atom. The summed E-state index contributed by atoms with van der Waals surface area (Å²) in [7, 11) is 0. The van der Waals surface area contributed by atoms with Gasteiger partial charge in [0.1, 0.15) is 6.04 Å². The Morgan fingerprint density at radius 2 is 1.86 bits per heavy atom. The minimum Gasteiger partial charge on any atom is -0.341 e. The number of carbonyl (C=O) groups excluding carboxylic acids is 2. The highest BCUT2D eigenvalue weighted by molar-refractivity contribution is 5.90. The Bertz CT molecular complexity index is 807. The van der Waals surface area contributed by atoms with Gasteiger partial charge in [0.2, 0.25) is 11.8 Å². The van der Waals surface area contributed by atoms with E-state index in [2.05, 4.69) is 10.4 Å². The maximum Gasteiger partial charge on any atom is 0.247 e. The van der Waals surface area contributed by atoms with Crippen LogP contribution in [0.25, 0.3) is 0 Å². The maximum absolute atomic E-state index is 12.8. The summed E-state index contributed by atoms with van der Waals surface area (Å²) < 4.78 is 1.82. The Hall–Kier alpha value is -2.63. The molecule has 1 aliphatic rings. The number of likely N-dealkylation sites (tertiary alicyclic amines) is 1. The summed E-state index contributed by atoms with van der Waals surface area (Å²) in [5.41, 5.74) is 2.79. The average Bonchev–Trinajstić information content (AvgIpc) is 3.04. The first-order valence-corrected chi connectivity index (χ1v) is 10.1. The number of benzene rings is 1. The molecule has 1 aromatic carbocycles. The second-order valence-corrected chi connectivity index (χ2v) is 7.77. The van der Waals surface area contributed by atoms with Gasteiger partial charge in [-0.1, -0.05) is 18.2 Å². The van der Waals surface area contributed by atoms with E-state index in [0.717, 1.165) is 49.4 Å². The number of piperidine rings is 1. The zero-order chi connectivity index (χ0) is 20.1. The molecule has 6 nitrogen and oxygen atoms in total. The molecule has 1 aliphatic heterocycles. The van der Waals surface area contributed by atoms with Gasteiger partial charge < -0.3 is 10.2 Å². The normalized spacial score (nSPS) is 16.0. The van der Waals surface area contributed by atoms with Crippen LogP contribution < -0.4 is 5.32 Å². The van der Waals surface area contributed by atoms with Crippen molar-refractivity contribution < 1.29 is 9.59 Å². The van der Waals surface area contributed by atoms with Crippen molar-refractivity contribution >= 4 is 17.5 Å². The van der Waals surface area contributed by atoms with E-state index in [0.29, 0.717) is 12.3 Å². The minimum absolute atomic E-state index is 0.0582. The van der Waals surface area contributed by atoms with Crippen LogP contribution in [0, 0.1) is 19.8 Å². The summed E-state index contributed by atoms with van der Waals surface area (Å²) in [6, 6.07) is 11.3. The fourth-order valence-corrected chi connectivity index (χ4v) is 3.93. The molecule has 6 heteroatoms. The Kier molecular flexibility index (Phi) is 6.49. The van der Waals surface area contributed by atoms with Crippen molar-refractivity contribution in [3.05, 3.63) is 47.8 Å². The third-order valence-electron chi connectivity index (χ3n) is 5.53. The fraction of sp³-hybridized carbons (Fsp3) is 0.500. The summed E-state index contributed by atoms with van der Waals surface area (Å²) in [5, 5.41) is 7.38. The number of hydrogen-bond acceptors (Lipinski definition) is 3. The molecule has 1 N–H and O–H groups in total. The highest BCUT2D eigenvalue weighted by Crippen LogP contribution is 2.24. The van der Waals surface area contributed by atoms with E-state index in [1.807, 2.05) is 66.8 Å². The van der Waals surface area contributed by atoms with Crippen LogP contribution >= 0.6 is 0 Å². The molecule has 1 aromatic heterocycles. The van der Waals surface area contributed by atoms with Crippen molar-refractivity contribution in [2.75, 3.05) is 18.4 Å². The van der Waals surface area contributed by atoms with Gasteiger partial charge in [0.05, 0.1) is 5.69 Å². The molecular formula is C22H30N4O2. The molecule has 0 unspecified atom stereocenters. The number of para-hydroxylation sites is 1. The average molecular weight is 383 g/mol. The van der Waals surface area contributed by atoms with Gasteiger partial charge in [-0.25, -0.2) is 0 Å². The second-order valence-electron chi connectivity index (χ2n) is 7.77. The highest BCUT2D eigenvalue weighted by atomic mass is 16.2. The first-order valence-electron chi connectivity index (χ1n) is 10.1. The summed E-state index contributed by atoms with van der Waals surface area (Å²) in [6.07, 6.45) is 3.30. The molecule has 0 aliphatic carbocycles. The number of hydrogen-bond donors (Lipinski definition) is 1. The van der Waals surface area contributed by atoms with Gasteiger partial charge in [-0.05, 0) is 64.2 Å². The third-order valence-corrected chi connectivity index (χ3v) is 5.53. The number of rotatable bonds is 6. The van der Waals surface area contributed by atoms with Crippen LogP contribution in [0.1, 0.15) is 50.0 Å². The monoisotopic (exact) mass is 382 g/mol. The lowest BCUT2D eigenvalue weighted by molar-refractivity contribution is -0.136. The van der Waals surface area contributed by atoms with Gasteiger partial charge in [-0.15, -0.1) is 0 Å². The van der Waals surface area contributed by atoms with Crippen molar-refractivity contribution in [2.24, 2.45) is 5.92 Å². The van der Waals surface area contributed by atoms with Crippen molar-refractivity contribution in [1.29, 1.82) is 0 Å². The second kappa shape index (κ2) is 9.04. The van der Waals surface area contributed by atoms with Gasteiger partial charge in [-0.3, -0.25) is 14.3 Å². The van der Waals surface area contributed by atoms with Crippen LogP contribution in [-0.2, 0) is 9.59 Å². The van der Waals surface area contributed by atoms with Crippen molar-refractivity contribution in [3.8, 4) is 0 Å². The largest absolute Gasteiger partial charge is 0.341 e. The predicted octanol–water partition coefficient (Wildman–Crippen LogP) is 3.72. The Balaban J connectivity index is 1.43. The lowest BCUT2D eigenvalue weighted by Crippen LogP contribution is -2.42. The van der Waals surface area contributed by atoms with Crippen LogP contribution in [0.2, 0.25) is 0 Å². The molecule has 150 valence electrons. The van der Waals surface area contributed by atoms with Crippen LogP contribution in [-0.4, -0.2) is 39.6 Å². The van der Waals surface area contributed by atoms with Crippen LogP contribution in [0.15, 0.2) is 36.4 Å². The minimum atomic E-state index is -0.276. The lowest BCUT2D eigenvalue weighted by Gasteiger charge is -2.33. The van der Waals surface area contributed by atoms with Gasteiger partial charge >= 0.3 is 0 Å². The highest BCUT2D eigenvalue weighted by Gasteiger charge is 2.28. The molecule has 1 fully saturated rings. The van der Waals surface area contributed by atoms with E-state index in [1.54, 1.807) is 0 Å². The topological polar surface area (TPSA) is 67.2 Å². The number of nitrogens with one attached hydrogen (secondary N) is 1. The third kappa shape index (κ3) is 5.00. The van der Waals surface area contributed by atoms with Gasteiger partial charge in [0.15, 0.2) is 0 Å². The first-order chi connectivity index (χ1) is 13.4. The van der Waals surface area contributed by atoms with Gasteiger partial charge in [-0.2, -0.15) is 5.10 Å². The van der Waals surface area contributed by atoms with Crippen LogP contribution in [0.5, 0.6) is 0 Å². The number of nitrogens with zero attached hydrogens (tertiary/aromatic N) is 3. The molecule has 0 spiro atoms. The van der Waals surface area contributed by atoms with E-state index in [4.69, 9.17) is 0 Å². The van der Waals surface area contributed by atoms with Crippen molar-refractivity contribution in [1.82, 2.24) is 14.7 Å². The zero-order valence-corrected chi connectivity index (χ0v) is 17.0. The van der Waals surface area contributed by atoms with Crippen LogP contribution in [0.4, 0.5) is 5.69 Å². The SMILES string of the molecule is Cc1cc(C)n([C@H](C)C(=O)N2CCC(CCC(=O)Nc3ccccc3)CC2)n1. The smallest absolute Gasteiger partial charge is 0.247 e. The predicted molar refractivity (Wildman–Crippen MR) is 110 cm³/mol. The molecule has 3 rings (SSSR count). The molecule has 0 saturated carbocycles. The van der Waals surface area contributed by atoms with Gasteiger partial charge in [0, 0.05) is 30.9 Å². The summed E-state index contributed by atoms with van der Waals surface area (Å²) in [5.74, 6) is 0.684. The standard InChI is InChI=1S/C22H30N4O2/c1-16-15-17(2)26(24-16)18(3)22(28)25-13-11-19(12-14-25)9-10-21(27)23-20-7-5-4-6-8-20/h4-8,15,18-19H,9-14H2,1-3H3,(H,23,27)/t18-/m1/s1. The molecule has 1 atom stereocenters. The quantitative estimate of drug-likeness (QED) is 0.828. The number of carbonyl (C=O) groups is 2. The summed E-state index contributed by atoms with van der Waals surface area (Å²) >= 11 is 0. The van der Waals surface area contributed by atoms with E-state index in [1.165, 1.54) is 0 Å². The van der Waals surface area contributed by atoms with Crippen molar-refractivity contribution in [2.45, 2.75) is 52.5 Å². The number of aromatic nitrogens is 2. The molecule has 0 radical (unpaired) electrons. The molecule has 28 heavy (non-hydrogen) atoms. The van der Waals surface area contributed by atoms with E-state index in [-0.39, 0.29) is 17.9 Å². The molecule has 1 saturated heterocycles. The molecule has 0 bridgehead atoms. The number of amides is 2. The van der Waals surface area contributed by atoms with E-state index < -0.39 is 0 Å². The maximum atomic E-state index is 12.8. The Labute approximate surface area is 166 Å². The molecule has 2 amide bonds. The molecule has 2 heterocycles. The fourth-order valence-electron chi connectivity index (χ4n) is 3.93. The first kappa shape index (κ1) is 20.1. The number of aryl methyl sites for hydroxylation is 2. The van der Waals surface area contributed by atoms with Crippen molar-refractivity contribution in [3.63, 3.8) is 0 Å². The zero-order valence-electron chi connectivity index (χ0n) is 17.0.